The maximum absolute atomic E-state index is 11.0. The van der Waals surface area contributed by atoms with E-state index in [1.54, 1.807) is 23.2 Å². The largest absolute Gasteiger partial charge is 0.368 e. The number of benzene rings is 1. The standard InChI is InChI=1S/C15H15N5O/c16-14(21)11-19-7-6-17-15(19)8-12-9-18-20(10-12)13-4-2-1-3-5-13/h1-7,9-10H,8,11H2,(H2,16,21). The van der Waals surface area contributed by atoms with Gasteiger partial charge in [0.15, 0.2) is 0 Å². The maximum atomic E-state index is 11.0. The first-order valence-corrected chi connectivity index (χ1v) is 6.59. The van der Waals surface area contributed by atoms with E-state index in [0.29, 0.717) is 6.42 Å². The van der Waals surface area contributed by atoms with Gasteiger partial charge in [-0.2, -0.15) is 5.10 Å². The zero-order valence-electron chi connectivity index (χ0n) is 11.4. The summed E-state index contributed by atoms with van der Waals surface area (Å²) >= 11 is 0. The summed E-state index contributed by atoms with van der Waals surface area (Å²) in [7, 11) is 0. The summed E-state index contributed by atoms with van der Waals surface area (Å²) in [6, 6.07) is 9.89. The molecule has 0 aliphatic rings. The number of primary amides is 1. The van der Waals surface area contributed by atoms with Crippen LogP contribution in [0.2, 0.25) is 0 Å². The predicted octanol–water partition coefficient (Wildman–Crippen LogP) is 1.14. The van der Waals surface area contributed by atoms with Crippen molar-refractivity contribution in [2.45, 2.75) is 13.0 Å². The summed E-state index contributed by atoms with van der Waals surface area (Å²) in [6.07, 6.45) is 7.78. The van der Waals surface area contributed by atoms with Crippen molar-refractivity contribution in [3.63, 3.8) is 0 Å². The molecule has 106 valence electrons. The van der Waals surface area contributed by atoms with Crippen molar-refractivity contribution in [2.24, 2.45) is 5.73 Å². The topological polar surface area (TPSA) is 78.7 Å². The summed E-state index contributed by atoms with van der Waals surface area (Å²) in [4.78, 5) is 15.3. The first kappa shape index (κ1) is 13.1. The average Bonchev–Trinajstić information content (AvgIpc) is 3.10. The minimum atomic E-state index is -0.380. The highest BCUT2D eigenvalue weighted by molar-refractivity contribution is 5.73. The van der Waals surface area contributed by atoms with Crippen LogP contribution < -0.4 is 5.73 Å². The molecule has 2 aromatic heterocycles. The number of hydrogen-bond donors (Lipinski definition) is 1. The van der Waals surface area contributed by atoms with E-state index in [1.165, 1.54) is 0 Å². The summed E-state index contributed by atoms with van der Waals surface area (Å²) in [5.41, 5.74) is 7.25. The van der Waals surface area contributed by atoms with Gasteiger partial charge in [-0.25, -0.2) is 9.67 Å². The van der Waals surface area contributed by atoms with E-state index in [4.69, 9.17) is 5.73 Å². The summed E-state index contributed by atoms with van der Waals surface area (Å²) in [5.74, 6) is 0.413. The molecule has 6 nitrogen and oxygen atoms in total. The molecular formula is C15H15N5O. The fraction of sp³-hybridized carbons (Fsp3) is 0.133. The number of nitrogens with two attached hydrogens (primary N) is 1. The van der Waals surface area contributed by atoms with Gasteiger partial charge in [0.05, 0.1) is 11.9 Å². The molecule has 2 N–H and O–H groups in total. The number of rotatable bonds is 5. The highest BCUT2D eigenvalue weighted by Crippen LogP contribution is 2.11. The van der Waals surface area contributed by atoms with Gasteiger partial charge >= 0.3 is 0 Å². The smallest absolute Gasteiger partial charge is 0.237 e. The highest BCUT2D eigenvalue weighted by Gasteiger charge is 2.08. The van der Waals surface area contributed by atoms with Gasteiger partial charge in [-0.05, 0) is 17.7 Å². The number of carbonyl (C=O) groups is 1. The van der Waals surface area contributed by atoms with Crippen LogP contribution in [-0.2, 0) is 17.8 Å². The molecule has 0 radical (unpaired) electrons. The Hall–Kier alpha value is -2.89. The van der Waals surface area contributed by atoms with Crippen LogP contribution in [0.15, 0.2) is 55.1 Å². The molecule has 0 bridgehead atoms. The molecule has 0 fully saturated rings. The fourth-order valence-electron chi connectivity index (χ4n) is 2.17. The molecule has 21 heavy (non-hydrogen) atoms. The van der Waals surface area contributed by atoms with Gasteiger partial charge in [-0.1, -0.05) is 18.2 Å². The molecule has 0 unspecified atom stereocenters. The second kappa shape index (κ2) is 5.62. The second-order valence-corrected chi connectivity index (χ2v) is 4.74. The van der Waals surface area contributed by atoms with Crippen molar-refractivity contribution in [1.29, 1.82) is 0 Å². The molecule has 6 heteroatoms. The van der Waals surface area contributed by atoms with Gasteiger partial charge in [0.2, 0.25) is 5.91 Å². The third-order valence-corrected chi connectivity index (χ3v) is 3.15. The van der Waals surface area contributed by atoms with Gasteiger partial charge in [0.1, 0.15) is 12.4 Å². The molecule has 0 saturated carbocycles. The van der Waals surface area contributed by atoms with Crippen molar-refractivity contribution in [1.82, 2.24) is 19.3 Å². The number of carbonyl (C=O) groups excluding carboxylic acids is 1. The molecule has 3 rings (SSSR count). The van der Waals surface area contributed by atoms with Crippen LogP contribution in [0.3, 0.4) is 0 Å². The van der Waals surface area contributed by atoms with Gasteiger partial charge in [0.25, 0.3) is 0 Å². The van der Waals surface area contributed by atoms with Crippen molar-refractivity contribution in [3.05, 3.63) is 66.5 Å². The number of para-hydroxylation sites is 1. The van der Waals surface area contributed by atoms with Crippen LogP contribution in [0.5, 0.6) is 0 Å². The van der Waals surface area contributed by atoms with E-state index in [-0.39, 0.29) is 12.5 Å². The van der Waals surface area contributed by atoms with E-state index >= 15 is 0 Å². The van der Waals surface area contributed by atoms with Crippen molar-refractivity contribution in [3.8, 4) is 5.69 Å². The Morgan fingerprint density at radius 2 is 2.05 bits per heavy atom. The Morgan fingerprint density at radius 1 is 1.24 bits per heavy atom. The van der Waals surface area contributed by atoms with Crippen molar-refractivity contribution < 1.29 is 4.79 Å². The van der Waals surface area contributed by atoms with Gasteiger partial charge in [0, 0.05) is 25.0 Å². The molecular weight excluding hydrogens is 266 g/mol. The third-order valence-electron chi connectivity index (χ3n) is 3.15. The lowest BCUT2D eigenvalue weighted by Crippen LogP contribution is -2.19. The Bertz CT molecular complexity index is 744. The summed E-state index contributed by atoms with van der Waals surface area (Å²) in [5, 5.41) is 4.35. The lowest BCUT2D eigenvalue weighted by molar-refractivity contribution is -0.118. The van der Waals surface area contributed by atoms with Crippen LogP contribution in [0.1, 0.15) is 11.4 Å². The number of hydrogen-bond acceptors (Lipinski definition) is 3. The molecule has 0 atom stereocenters. The van der Waals surface area contributed by atoms with Gasteiger partial charge < -0.3 is 10.3 Å². The maximum Gasteiger partial charge on any atom is 0.237 e. The number of aromatic nitrogens is 4. The van der Waals surface area contributed by atoms with E-state index in [9.17, 15) is 4.79 Å². The molecule has 1 amide bonds. The minimum Gasteiger partial charge on any atom is -0.368 e. The SMILES string of the molecule is NC(=O)Cn1ccnc1Cc1cnn(-c2ccccc2)c1. The van der Waals surface area contributed by atoms with Crippen molar-refractivity contribution in [2.75, 3.05) is 0 Å². The third kappa shape index (κ3) is 3.00. The van der Waals surface area contributed by atoms with E-state index < -0.39 is 0 Å². The Kier molecular flexibility index (Phi) is 3.51. The monoisotopic (exact) mass is 281 g/mol. The molecule has 0 aliphatic carbocycles. The lowest BCUT2D eigenvalue weighted by Gasteiger charge is -2.04. The molecule has 0 saturated heterocycles. The minimum absolute atomic E-state index is 0.141. The highest BCUT2D eigenvalue weighted by atomic mass is 16.1. The zero-order valence-corrected chi connectivity index (χ0v) is 11.4. The van der Waals surface area contributed by atoms with Gasteiger partial charge in [-0.3, -0.25) is 4.79 Å². The first-order valence-electron chi connectivity index (χ1n) is 6.59. The Balaban J connectivity index is 1.79. The lowest BCUT2D eigenvalue weighted by atomic mass is 10.2. The van der Waals surface area contributed by atoms with Crippen LogP contribution in [0, 0.1) is 0 Å². The Morgan fingerprint density at radius 3 is 2.81 bits per heavy atom. The first-order chi connectivity index (χ1) is 10.2. The molecule has 0 spiro atoms. The summed E-state index contributed by atoms with van der Waals surface area (Å²) in [6.45, 7) is 0.141. The normalized spacial score (nSPS) is 10.7. The predicted molar refractivity (Wildman–Crippen MR) is 77.8 cm³/mol. The van der Waals surface area contributed by atoms with Crippen molar-refractivity contribution >= 4 is 5.91 Å². The van der Waals surface area contributed by atoms with E-state index in [0.717, 1.165) is 17.1 Å². The van der Waals surface area contributed by atoms with Crippen LogP contribution in [0.4, 0.5) is 0 Å². The molecule has 2 heterocycles. The molecule has 0 aliphatic heterocycles. The zero-order chi connectivity index (χ0) is 14.7. The number of imidazole rings is 1. The summed E-state index contributed by atoms with van der Waals surface area (Å²) < 4.78 is 3.57. The molecule has 3 aromatic rings. The van der Waals surface area contributed by atoms with Gasteiger partial charge in [-0.15, -0.1) is 0 Å². The quantitative estimate of drug-likeness (QED) is 0.761. The van der Waals surface area contributed by atoms with Crippen LogP contribution in [0.25, 0.3) is 5.69 Å². The van der Waals surface area contributed by atoms with E-state index in [2.05, 4.69) is 10.1 Å². The Labute approximate surface area is 121 Å². The number of amides is 1. The van der Waals surface area contributed by atoms with Crippen LogP contribution in [-0.4, -0.2) is 25.2 Å². The fourth-order valence-corrected chi connectivity index (χ4v) is 2.17. The second-order valence-electron chi connectivity index (χ2n) is 4.74. The molecule has 1 aromatic carbocycles. The van der Waals surface area contributed by atoms with Crippen LogP contribution >= 0.6 is 0 Å². The average molecular weight is 281 g/mol. The van der Waals surface area contributed by atoms with E-state index in [1.807, 2.05) is 41.2 Å². The number of nitrogens with zero attached hydrogens (tertiary/aromatic N) is 4.